The molecule has 0 saturated carbocycles. The fourth-order valence-electron chi connectivity index (χ4n) is 2.83. The van der Waals surface area contributed by atoms with E-state index in [0.717, 1.165) is 0 Å². The van der Waals surface area contributed by atoms with E-state index in [1.165, 1.54) is 14.0 Å². The van der Waals surface area contributed by atoms with Crippen molar-refractivity contribution in [1.29, 1.82) is 0 Å². The predicted octanol–water partition coefficient (Wildman–Crippen LogP) is 3.04. The van der Waals surface area contributed by atoms with Crippen molar-refractivity contribution in [3.05, 3.63) is 28.5 Å². The summed E-state index contributed by atoms with van der Waals surface area (Å²) in [5, 5.41) is 11.2. The Hall–Kier alpha value is -0.965. The molecule has 2 heterocycles. The molecule has 1 saturated heterocycles. The number of hydrogen-bond donors (Lipinski definition) is 1. The molecular formula is C16H19BCl2N2O7P+. The lowest BCUT2D eigenvalue weighted by atomic mass is 10.2. The van der Waals surface area contributed by atoms with E-state index in [4.69, 9.17) is 49.1 Å². The third-order valence-corrected chi connectivity index (χ3v) is 6.45. The lowest BCUT2D eigenvalue weighted by Crippen LogP contribution is -2.19. The molecule has 1 fully saturated rings. The number of imidazole rings is 1. The van der Waals surface area contributed by atoms with Gasteiger partial charge in [0.2, 0.25) is 6.79 Å². The number of benzene rings is 1. The number of aliphatic hydroxyl groups is 1. The van der Waals surface area contributed by atoms with Crippen molar-refractivity contribution in [1.82, 2.24) is 9.55 Å². The van der Waals surface area contributed by atoms with E-state index in [-0.39, 0.29) is 6.61 Å². The highest BCUT2D eigenvalue weighted by Crippen LogP contribution is 2.57. The van der Waals surface area contributed by atoms with Crippen LogP contribution >= 0.6 is 31.0 Å². The fraction of sp³-hybridized carbons (Fsp3) is 0.500. The smallest absolute Gasteiger partial charge is 0.434 e. The zero-order valence-corrected chi connectivity index (χ0v) is 18.1. The molecule has 156 valence electrons. The van der Waals surface area contributed by atoms with Crippen LogP contribution in [0.2, 0.25) is 10.0 Å². The molecule has 2 radical (unpaired) electrons. The van der Waals surface area contributed by atoms with Gasteiger partial charge in [-0.2, -0.15) is 13.6 Å². The van der Waals surface area contributed by atoms with Gasteiger partial charge in [0, 0.05) is 13.3 Å². The summed E-state index contributed by atoms with van der Waals surface area (Å²) in [5.74, 6) is -0.522. The number of nitrogens with zero attached hydrogens (tertiary/aromatic N) is 2. The molecule has 9 nitrogen and oxygen atoms in total. The SMILES string of the molecule is [B][P+](OC)(OCOC(C)=O)OC[C@@H]1C[C@H](O)[C@H](n2cnc3cc(Cl)c(Cl)cc32)O1. The third-order valence-electron chi connectivity index (χ3n) is 4.25. The Morgan fingerprint density at radius 3 is 2.83 bits per heavy atom. The van der Waals surface area contributed by atoms with Crippen molar-refractivity contribution in [2.75, 3.05) is 20.5 Å². The highest BCUT2D eigenvalue weighted by molar-refractivity contribution is 7.85. The van der Waals surface area contributed by atoms with E-state index in [2.05, 4.69) is 9.72 Å². The molecule has 3 rings (SSSR count). The number of esters is 1. The van der Waals surface area contributed by atoms with E-state index in [9.17, 15) is 9.90 Å². The van der Waals surface area contributed by atoms with Crippen LogP contribution in [0.15, 0.2) is 18.5 Å². The Balaban J connectivity index is 1.64. The molecule has 0 spiro atoms. The van der Waals surface area contributed by atoms with E-state index < -0.39 is 39.0 Å². The van der Waals surface area contributed by atoms with Gasteiger partial charge in [-0.1, -0.05) is 23.2 Å². The van der Waals surface area contributed by atoms with Crippen LogP contribution in [0.4, 0.5) is 0 Å². The van der Waals surface area contributed by atoms with Gasteiger partial charge in [0.05, 0.1) is 40.6 Å². The molecule has 1 N–H and O–H groups in total. The minimum Gasteiger partial charge on any atom is -0.434 e. The largest absolute Gasteiger partial charge is 0.488 e. The van der Waals surface area contributed by atoms with Crippen LogP contribution in [0, 0.1) is 0 Å². The Kier molecular flexibility index (Phi) is 7.40. The molecule has 1 aliphatic heterocycles. The van der Waals surface area contributed by atoms with Crippen LogP contribution in [-0.4, -0.2) is 60.9 Å². The highest BCUT2D eigenvalue weighted by atomic mass is 35.5. The number of ether oxygens (including phenoxy) is 2. The maximum absolute atomic E-state index is 10.8. The van der Waals surface area contributed by atoms with Gasteiger partial charge in [-0.3, -0.25) is 4.79 Å². The minimum atomic E-state index is -3.20. The molecule has 0 aliphatic carbocycles. The van der Waals surface area contributed by atoms with Crippen molar-refractivity contribution >= 4 is 55.6 Å². The second-order valence-electron chi connectivity index (χ2n) is 6.26. The van der Waals surface area contributed by atoms with Gasteiger partial charge in [-0.05, 0) is 12.1 Å². The molecule has 0 amide bonds. The number of aliphatic hydroxyl groups excluding tert-OH is 1. The van der Waals surface area contributed by atoms with Gasteiger partial charge in [-0.15, -0.1) is 0 Å². The fourth-order valence-corrected chi connectivity index (χ4v) is 4.00. The summed E-state index contributed by atoms with van der Waals surface area (Å²) in [6.07, 6.45) is -0.150. The van der Waals surface area contributed by atoms with Crippen LogP contribution < -0.4 is 0 Å². The molecule has 0 bridgehead atoms. The van der Waals surface area contributed by atoms with Gasteiger partial charge < -0.3 is 19.1 Å². The Labute approximate surface area is 179 Å². The minimum absolute atomic E-state index is 0.00492. The lowest BCUT2D eigenvalue weighted by Gasteiger charge is -2.20. The van der Waals surface area contributed by atoms with E-state index >= 15 is 0 Å². The maximum atomic E-state index is 10.8. The van der Waals surface area contributed by atoms with Gasteiger partial charge in [0.15, 0.2) is 6.23 Å². The van der Waals surface area contributed by atoms with E-state index in [1.807, 2.05) is 0 Å². The highest BCUT2D eigenvalue weighted by Gasteiger charge is 2.42. The lowest BCUT2D eigenvalue weighted by molar-refractivity contribution is -0.148. The molecule has 4 atom stereocenters. The predicted molar refractivity (Wildman–Crippen MR) is 108 cm³/mol. The molecule has 1 aromatic heterocycles. The monoisotopic (exact) mass is 463 g/mol. The van der Waals surface area contributed by atoms with Crippen molar-refractivity contribution in [3.63, 3.8) is 0 Å². The molecule has 1 aromatic carbocycles. The first-order chi connectivity index (χ1) is 13.7. The van der Waals surface area contributed by atoms with E-state index in [1.54, 1.807) is 23.0 Å². The van der Waals surface area contributed by atoms with Gasteiger partial charge in [-0.25, -0.2) is 4.98 Å². The summed E-state index contributed by atoms with van der Waals surface area (Å²) >= 11 is 12.1. The summed E-state index contributed by atoms with van der Waals surface area (Å²) in [4.78, 5) is 15.1. The second-order valence-corrected chi connectivity index (χ2v) is 9.04. The molecule has 1 aliphatic rings. The zero-order valence-electron chi connectivity index (χ0n) is 15.7. The van der Waals surface area contributed by atoms with Crippen LogP contribution in [-0.2, 0) is 27.8 Å². The average molecular weight is 464 g/mol. The Bertz CT molecular complexity index is 888. The molecule has 29 heavy (non-hydrogen) atoms. The van der Waals surface area contributed by atoms with Gasteiger partial charge >= 0.3 is 21.4 Å². The first-order valence-electron chi connectivity index (χ1n) is 8.53. The van der Waals surface area contributed by atoms with E-state index in [0.29, 0.717) is 27.5 Å². The van der Waals surface area contributed by atoms with Crippen LogP contribution in [0.25, 0.3) is 11.0 Å². The van der Waals surface area contributed by atoms with Gasteiger partial charge in [0.25, 0.3) is 0 Å². The number of rotatable bonds is 8. The Morgan fingerprint density at radius 2 is 2.14 bits per heavy atom. The summed E-state index contributed by atoms with van der Waals surface area (Å²) in [5.41, 5.74) is 1.30. The Morgan fingerprint density at radius 1 is 1.41 bits per heavy atom. The summed E-state index contributed by atoms with van der Waals surface area (Å²) < 4.78 is 28.1. The van der Waals surface area contributed by atoms with Crippen molar-refractivity contribution in [2.24, 2.45) is 0 Å². The second kappa shape index (κ2) is 9.45. The maximum Gasteiger partial charge on any atom is 0.488 e. The topological polar surface area (TPSA) is 101 Å². The molecule has 13 heteroatoms. The summed E-state index contributed by atoms with van der Waals surface area (Å²) in [6, 6.07) is 3.31. The van der Waals surface area contributed by atoms with Gasteiger partial charge in [0.1, 0.15) is 12.7 Å². The summed E-state index contributed by atoms with van der Waals surface area (Å²) in [6.45, 7) is 0.849. The number of fused-ring (bicyclic) bond motifs is 1. The average Bonchev–Trinajstić information content (AvgIpc) is 3.23. The number of aromatic nitrogens is 2. The third kappa shape index (κ3) is 5.40. The number of halogens is 2. The van der Waals surface area contributed by atoms with Crippen LogP contribution in [0.3, 0.4) is 0 Å². The number of hydrogen-bond acceptors (Lipinski definition) is 8. The van der Waals surface area contributed by atoms with Crippen LogP contribution in [0.5, 0.6) is 0 Å². The molecule has 1 unspecified atom stereocenters. The number of carbonyl (C=O) groups excluding carboxylic acids is 1. The molecule has 2 aromatic rings. The van der Waals surface area contributed by atoms with Crippen molar-refractivity contribution < 1.29 is 32.9 Å². The number of carbonyl (C=O) groups is 1. The quantitative estimate of drug-likeness (QED) is 0.276. The van der Waals surface area contributed by atoms with Crippen LogP contribution in [0.1, 0.15) is 19.6 Å². The standard InChI is InChI=1S/C16H19BCl2N2O7P/c1-9(22)25-8-27-29(17,24-2)26-6-10-3-15(23)16(28-10)21-7-20-13-4-11(18)12(19)5-14(13)21/h4-5,7,10,15-16,23H,3,6,8H2,1-2H3/q+1/t10-,15-,16+,29?/m0/s1. The summed E-state index contributed by atoms with van der Waals surface area (Å²) in [7, 11) is 4.04. The molecular weight excluding hydrogens is 445 g/mol. The first-order valence-corrected chi connectivity index (χ1v) is 10.9. The normalized spacial score (nSPS) is 24.0. The zero-order chi connectivity index (χ0) is 21.2. The first kappa shape index (κ1) is 22.7. The van der Waals surface area contributed by atoms with Crippen molar-refractivity contribution in [2.45, 2.75) is 31.8 Å². The van der Waals surface area contributed by atoms with Crippen molar-refractivity contribution in [3.8, 4) is 0 Å².